The Balaban J connectivity index is 4.00. The van der Waals surface area contributed by atoms with Gasteiger partial charge in [-0.05, 0) is 45.4 Å². The summed E-state index contributed by atoms with van der Waals surface area (Å²) < 4.78 is 4.86. The summed E-state index contributed by atoms with van der Waals surface area (Å²) in [6.07, 6.45) is 1.50. The van der Waals surface area contributed by atoms with Crippen molar-refractivity contribution in [2.24, 2.45) is 22.9 Å². The lowest BCUT2D eigenvalue weighted by Crippen LogP contribution is -2.36. The zero-order chi connectivity index (χ0) is 22.4. The van der Waals surface area contributed by atoms with E-state index in [0.717, 1.165) is 6.42 Å². The molecule has 29 heavy (non-hydrogen) atoms. The Hall–Kier alpha value is -1.30. The fourth-order valence-corrected chi connectivity index (χ4v) is 3.29. The highest BCUT2D eigenvalue weighted by molar-refractivity contribution is 5.70. The van der Waals surface area contributed by atoms with Crippen molar-refractivity contribution in [1.29, 1.82) is 0 Å². The quantitative estimate of drug-likeness (QED) is 0.145. The number of hydrogen-bond acceptors (Lipinski definition) is 9. The summed E-state index contributed by atoms with van der Waals surface area (Å²) in [6, 6.07) is -1.57. The summed E-state index contributed by atoms with van der Waals surface area (Å²) in [5.74, 6) is -1.32. The molecule has 0 amide bonds. The standard InChI is InChI=1S/C19H40N4O6/c1-2-29-19(28)11-13(21)5-3-4-12(20)6-16(24)7-14(22)8-17(25)9-15(23)10-18(26)27/h12-17,24-25H,2-11,20-23H2,1H3,(H,26,27). The lowest BCUT2D eigenvalue weighted by atomic mass is 9.94. The van der Waals surface area contributed by atoms with Crippen LogP contribution in [0.2, 0.25) is 0 Å². The van der Waals surface area contributed by atoms with Gasteiger partial charge in [0.15, 0.2) is 0 Å². The number of carboxylic acids is 1. The van der Waals surface area contributed by atoms with Gasteiger partial charge in [-0.3, -0.25) is 9.59 Å². The molecule has 0 aromatic carbocycles. The van der Waals surface area contributed by atoms with Gasteiger partial charge in [-0.1, -0.05) is 6.42 Å². The first-order chi connectivity index (χ1) is 13.5. The first-order valence-corrected chi connectivity index (χ1v) is 10.3. The average molecular weight is 421 g/mol. The van der Waals surface area contributed by atoms with Gasteiger partial charge >= 0.3 is 11.9 Å². The van der Waals surface area contributed by atoms with Crippen molar-refractivity contribution >= 4 is 11.9 Å². The highest BCUT2D eigenvalue weighted by Gasteiger charge is 2.20. The lowest BCUT2D eigenvalue weighted by molar-refractivity contribution is -0.143. The van der Waals surface area contributed by atoms with Crippen LogP contribution in [-0.2, 0) is 14.3 Å². The van der Waals surface area contributed by atoms with Crippen LogP contribution in [0.25, 0.3) is 0 Å². The molecule has 10 nitrogen and oxygen atoms in total. The fourth-order valence-electron chi connectivity index (χ4n) is 3.29. The summed E-state index contributed by atoms with van der Waals surface area (Å²) in [5.41, 5.74) is 23.5. The number of ether oxygens (including phenoxy) is 1. The number of carboxylic acid groups (broad SMARTS) is 1. The van der Waals surface area contributed by atoms with E-state index < -0.39 is 30.3 Å². The molecule has 0 spiro atoms. The summed E-state index contributed by atoms with van der Waals surface area (Å²) in [4.78, 5) is 21.9. The van der Waals surface area contributed by atoms with Gasteiger partial charge in [-0.15, -0.1) is 0 Å². The molecule has 0 aromatic rings. The number of esters is 1. The number of hydrogen-bond donors (Lipinski definition) is 7. The van der Waals surface area contributed by atoms with Gasteiger partial charge in [0.05, 0.1) is 31.7 Å². The van der Waals surface area contributed by atoms with Crippen molar-refractivity contribution in [2.75, 3.05) is 6.61 Å². The first kappa shape index (κ1) is 27.7. The predicted molar refractivity (Wildman–Crippen MR) is 110 cm³/mol. The molecule has 0 saturated carbocycles. The highest BCUT2D eigenvalue weighted by atomic mass is 16.5. The monoisotopic (exact) mass is 420 g/mol. The number of carbonyl (C=O) groups excluding carboxylic acids is 1. The Kier molecular flexibility index (Phi) is 14.8. The third kappa shape index (κ3) is 16.2. The van der Waals surface area contributed by atoms with E-state index in [9.17, 15) is 19.8 Å². The average Bonchev–Trinajstić information content (AvgIpc) is 2.52. The van der Waals surface area contributed by atoms with Gasteiger partial charge < -0.3 is 43.0 Å². The van der Waals surface area contributed by atoms with Gasteiger partial charge in [0.1, 0.15) is 0 Å². The van der Waals surface area contributed by atoms with Gasteiger partial charge in [-0.25, -0.2) is 0 Å². The van der Waals surface area contributed by atoms with E-state index in [1.165, 1.54) is 0 Å². The van der Waals surface area contributed by atoms with E-state index in [1.54, 1.807) is 6.92 Å². The number of rotatable bonds is 17. The smallest absolute Gasteiger partial charge is 0.307 e. The van der Waals surface area contributed by atoms with Crippen molar-refractivity contribution in [3.8, 4) is 0 Å². The molecule has 0 heterocycles. The Morgan fingerprint density at radius 3 is 1.79 bits per heavy atom. The Morgan fingerprint density at radius 1 is 0.793 bits per heavy atom. The second-order valence-corrected chi connectivity index (χ2v) is 7.83. The van der Waals surface area contributed by atoms with Crippen LogP contribution < -0.4 is 22.9 Å². The van der Waals surface area contributed by atoms with Crippen LogP contribution in [0, 0.1) is 0 Å². The molecule has 0 bridgehead atoms. The van der Waals surface area contributed by atoms with Crippen LogP contribution in [0.1, 0.15) is 64.7 Å². The molecule has 0 radical (unpaired) electrons. The van der Waals surface area contributed by atoms with E-state index >= 15 is 0 Å². The van der Waals surface area contributed by atoms with Crippen LogP contribution in [0.3, 0.4) is 0 Å². The molecule has 6 atom stereocenters. The molecule has 0 saturated heterocycles. The Labute approximate surface area is 172 Å². The number of carbonyl (C=O) groups is 2. The topological polar surface area (TPSA) is 208 Å². The number of aliphatic carboxylic acids is 1. The molecule has 0 aliphatic heterocycles. The summed E-state index contributed by atoms with van der Waals surface area (Å²) in [6.45, 7) is 2.08. The van der Waals surface area contributed by atoms with Gasteiger partial charge in [0.2, 0.25) is 0 Å². The van der Waals surface area contributed by atoms with Crippen LogP contribution >= 0.6 is 0 Å². The second kappa shape index (κ2) is 15.5. The number of aliphatic hydroxyl groups excluding tert-OH is 2. The molecule has 0 fully saturated rings. The third-order valence-corrected chi connectivity index (χ3v) is 4.62. The molecule has 10 heteroatoms. The second-order valence-electron chi connectivity index (χ2n) is 7.83. The molecular formula is C19H40N4O6. The molecular weight excluding hydrogens is 380 g/mol. The Morgan fingerprint density at radius 2 is 1.28 bits per heavy atom. The highest BCUT2D eigenvalue weighted by Crippen LogP contribution is 2.14. The normalized spacial score (nSPS) is 17.8. The van der Waals surface area contributed by atoms with E-state index in [0.29, 0.717) is 25.9 Å². The number of nitrogens with two attached hydrogens (primary N) is 4. The third-order valence-electron chi connectivity index (χ3n) is 4.62. The molecule has 0 rings (SSSR count). The Bertz CT molecular complexity index is 468. The van der Waals surface area contributed by atoms with Crippen LogP contribution in [0.4, 0.5) is 0 Å². The van der Waals surface area contributed by atoms with Crippen molar-refractivity contribution in [3.05, 3.63) is 0 Å². The maximum atomic E-state index is 11.4. The minimum atomic E-state index is -1.01. The maximum absolute atomic E-state index is 11.4. The van der Waals surface area contributed by atoms with Crippen LogP contribution in [0.15, 0.2) is 0 Å². The van der Waals surface area contributed by atoms with Crippen molar-refractivity contribution in [3.63, 3.8) is 0 Å². The molecule has 11 N–H and O–H groups in total. The minimum Gasteiger partial charge on any atom is -0.481 e. The molecule has 0 aliphatic rings. The largest absolute Gasteiger partial charge is 0.481 e. The first-order valence-electron chi connectivity index (χ1n) is 10.3. The molecule has 0 aliphatic carbocycles. The zero-order valence-electron chi connectivity index (χ0n) is 17.4. The van der Waals surface area contributed by atoms with Gasteiger partial charge in [0.25, 0.3) is 0 Å². The van der Waals surface area contributed by atoms with Crippen molar-refractivity contribution in [2.45, 2.75) is 101 Å². The zero-order valence-corrected chi connectivity index (χ0v) is 17.4. The van der Waals surface area contributed by atoms with Crippen molar-refractivity contribution < 1.29 is 29.6 Å². The summed E-state index contributed by atoms with van der Waals surface area (Å²) in [5, 5.41) is 28.8. The van der Waals surface area contributed by atoms with Gasteiger partial charge in [-0.2, -0.15) is 0 Å². The van der Waals surface area contributed by atoms with E-state index in [1.807, 2.05) is 0 Å². The molecule has 172 valence electrons. The minimum absolute atomic E-state index is 0.141. The van der Waals surface area contributed by atoms with E-state index in [4.69, 9.17) is 32.8 Å². The summed E-state index contributed by atoms with van der Waals surface area (Å²) >= 11 is 0. The fraction of sp³-hybridized carbons (Fsp3) is 0.895. The van der Waals surface area contributed by atoms with Crippen LogP contribution in [0.5, 0.6) is 0 Å². The van der Waals surface area contributed by atoms with Gasteiger partial charge in [0, 0.05) is 24.2 Å². The number of aliphatic hydroxyl groups is 2. The molecule has 6 unspecified atom stereocenters. The lowest BCUT2D eigenvalue weighted by Gasteiger charge is -2.22. The maximum Gasteiger partial charge on any atom is 0.307 e. The van der Waals surface area contributed by atoms with Crippen molar-refractivity contribution in [1.82, 2.24) is 0 Å². The predicted octanol–water partition coefficient (Wildman–Crippen LogP) is -0.824. The van der Waals surface area contributed by atoms with E-state index in [2.05, 4.69) is 0 Å². The van der Waals surface area contributed by atoms with Crippen LogP contribution in [-0.4, -0.2) is 70.2 Å². The summed E-state index contributed by atoms with van der Waals surface area (Å²) in [7, 11) is 0. The SMILES string of the molecule is CCOC(=O)CC(N)CCCC(N)CC(O)CC(N)CC(O)CC(N)CC(=O)O. The molecule has 0 aromatic heterocycles. The van der Waals surface area contributed by atoms with E-state index in [-0.39, 0.29) is 50.2 Å².